The molecule has 0 radical (unpaired) electrons. The van der Waals surface area contributed by atoms with Gasteiger partial charge in [-0.25, -0.2) is 9.18 Å². The van der Waals surface area contributed by atoms with Gasteiger partial charge in [0.25, 0.3) is 5.91 Å². The SMILES string of the molecule is CCOc1cc(/C=C2/NC(=O)N(Cc3ccccc3F)C2=O)c(Br)cc1OCc1ccc(Cl)cc1. The maximum atomic E-state index is 14.0. The van der Waals surface area contributed by atoms with Crippen LogP contribution in [-0.2, 0) is 17.9 Å². The van der Waals surface area contributed by atoms with Gasteiger partial charge in [-0.15, -0.1) is 0 Å². The predicted molar refractivity (Wildman–Crippen MR) is 135 cm³/mol. The van der Waals surface area contributed by atoms with E-state index in [4.69, 9.17) is 21.1 Å². The summed E-state index contributed by atoms with van der Waals surface area (Å²) >= 11 is 9.44. The highest BCUT2D eigenvalue weighted by Gasteiger charge is 2.34. The first kappa shape index (κ1) is 24.8. The van der Waals surface area contributed by atoms with Gasteiger partial charge in [-0.1, -0.05) is 57.9 Å². The quantitative estimate of drug-likeness (QED) is 0.259. The molecule has 35 heavy (non-hydrogen) atoms. The summed E-state index contributed by atoms with van der Waals surface area (Å²) in [6.07, 6.45) is 1.54. The Labute approximate surface area is 215 Å². The molecule has 3 amide bonds. The number of nitrogens with zero attached hydrogens (tertiary/aromatic N) is 1. The molecule has 3 aromatic carbocycles. The van der Waals surface area contributed by atoms with Crippen molar-refractivity contribution >= 4 is 45.5 Å². The van der Waals surface area contributed by atoms with Crippen molar-refractivity contribution < 1.29 is 23.5 Å². The third kappa shape index (κ3) is 5.83. The Morgan fingerprint density at radius 1 is 1.06 bits per heavy atom. The van der Waals surface area contributed by atoms with Gasteiger partial charge >= 0.3 is 6.03 Å². The molecule has 0 spiro atoms. The molecular formula is C26H21BrClFN2O4. The Balaban J connectivity index is 1.56. The monoisotopic (exact) mass is 558 g/mol. The van der Waals surface area contributed by atoms with Gasteiger partial charge in [0.2, 0.25) is 0 Å². The van der Waals surface area contributed by atoms with Gasteiger partial charge in [0.15, 0.2) is 11.5 Å². The summed E-state index contributed by atoms with van der Waals surface area (Å²) in [5.74, 6) is -0.0368. The fraction of sp³-hybridized carbons (Fsp3) is 0.154. The van der Waals surface area contributed by atoms with Crippen molar-refractivity contribution in [2.75, 3.05) is 6.61 Å². The summed E-state index contributed by atoms with van der Waals surface area (Å²) in [6.45, 7) is 2.40. The largest absolute Gasteiger partial charge is 0.490 e. The molecule has 1 heterocycles. The molecule has 1 aliphatic heterocycles. The Morgan fingerprint density at radius 2 is 1.77 bits per heavy atom. The van der Waals surface area contributed by atoms with Crippen LogP contribution in [0.25, 0.3) is 6.08 Å². The Bertz CT molecular complexity index is 1300. The summed E-state index contributed by atoms with van der Waals surface area (Å²) in [5.41, 5.74) is 1.86. The topological polar surface area (TPSA) is 67.9 Å². The molecule has 4 rings (SSSR count). The molecule has 0 aliphatic carbocycles. The van der Waals surface area contributed by atoms with Crippen molar-refractivity contribution in [3.8, 4) is 11.5 Å². The summed E-state index contributed by atoms with van der Waals surface area (Å²) in [6, 6.07) is 16.2. The number of hydrogen-bond acceptors (Lipinski definition) is 4. The number of benzene rings is 3. The summed E-state index contributed by atoms with van der Waals surface area (Å²) in [7, 11) is 0. The van der Waals surface area contributed by atoms with E-state index in [0.717, 1.165) is 10.5 Å². The summed E-state index contributed by atoms with van der Waals surface area (Å²) in [5, 5.41) is 3.20. The predicted octanol–water partition coefficient (Wildman–Crippen LogP) is 6.31. The lowest BCUT2D eigenvalue weighted by molar-refractivity contribution is -0.123. The van der Waals surface area contributed by atoms with E-state index >= 15 is 0 Å². The van der Waals surface area contributed by atoms with Gasteiger partial charge in [0.05, 0.1) is 13.2 Å². The second-order valence-corrected chi connectivity index (χ2v) is 8.93. The molecular weight excluding hydrogens is 539 g/mol. The maximum absolute atomic E-state index is 14.0. The highest BCUT2D eigenvalue weighted by atomic mass is 79.9. The number of halogens is 3. The van der Waals surface area contributed by atoms with Crippen molar-refractivity contribution in [3.63, 3.8) is 0 Å². The van der Waals surface area contributed by atoms with Crippen LogP contribution in [0.4, 0.5) is 9.18 Å². The number of carbonyl (C=O) groups is 2. The molecule has 9 heteroatoms. The molecule has 3 aromatic rings. The first-order valence-corrected chi connectivity index (χ1v) is 11.9. The van der Waals surface area contributed by atoms with E-state index in [9.17, 15) is 14.0 Å². The van der Waals surface area contributed by atoms with Crippen molar-refractivity contribution in [1.29, 1.82) is 0 Å². The zero-order valence-corrected chi connectivity index (χ0v) is 21.0. The highest BCUT2D eigenvalue weighted by molar-refractivity contribution is 9.10. The number of carbonyl (C=O) groups excluding carboxylic acids is 2. The number of imide groups is 1. The van der Waals surface area contributed by atoms with Gasteiger partial charge in [0.1, 0.15) is 18.1 Å². The van der Waals surface area contributed by atoms with E-state index < -0.39 is 17.8 Å². The average Bonchev–Trinajstić information content (AvgIpc) is 3.10. The molecule has 1 aliphatic rings. The van der Waals surface area contributed by atoms with E-state index in [1.807, 2.05) is 19.1 Å². The lowest BCUT2D eigenvalue weighted by Gasteiger charge is -2.14. The van der Waals surface area contributed by atoms with Crippen LogP contribution in [0.5, 0.6) is 11.5 Å². The van der Waals surface area contributed by atoms with Crippen LogP contribution in [-0.4, -0.2) is 23.4 Å². The third-order valence-electron chi connectivity index (χ3n) is 5.22. The molecule has 0 atom stereocenters. The minimum atomic E-state index is -0.617. The van der Waals surface area contributed by atoms with Crippen LogP contribution in [0.1, 0.15) is 23.6 Å². The van der Waals surface area contributed by atoms with E-state index in [-0.39, 0.29) is 17.8 Å². The summed E-state index contributed by atoms with van der Waals surface area (Å²) in [4.78, 5) is 26.3. The zero-order valence-electron chi connectivity index (χ0n) is 18.7. The zero-order chi connectivity index (χ0) is 24.9. The van der Waals surface area contributed by atoms with Gasteiger partial charge in [0, 0.05) is 15.1 Å². The number of hydrogen-bond donors (Lipinski definition) is 1. The first-order valence-electron chi connectivity index (χ1n) is 10.8. The number of rotatable bonds is 8. The fourth-order valence-electron chi connectivity index (χ4n) is 3.45. The van der Waals surface area contributed by atoms with Crippen LogP contribution >= 0.6 is 27.5 Å². The number of ether oxygens (including phenoxy) is 2. The molecule has 0 unspecified atom stereocenters. The molecule has 6 nitrogen and oxygen atoms in total. The second-order valence-electron chi connectivity index (χ2n) is 7.64. The number of urea groups is 1. The van der Waals surface area contributed by atoms with Crippen molar-refractivity contribution in [2.24, 2.45) is 0 Å². The molecule has 1 N–H and O–H groups in total. The van der Waals surface area contributed by atoms with Crippen molar-refractivity contribution in [3.05, 3.63) is 98.4 Å². The Hall–Kier alpha value is -3.36. The lowest BCUT2D eigenvalue weighted by atomic mass is 10.1. The minimum Gasteiger partial charge on any atom is -0.490 e. The van der Waals surface area contributed by atoms with Crippen LogP contribution < -0.4 is 14.8 Å². The molecule has 180 valence electrons. The Morgan fingerprint density at radius 3 is 2.49 bits per heavy atom. The van der Waals surface area contributed by atoms with Crippen molar-refractivity contribution in [2.45, 2.75) is 20.1 Å². The normalized spacial score (nSPS) is 14.4. The Kier molecular flexibility index (Phi) is 7.73. The minimum absolute atomic E-state index is 0.0734. The molecule has 0 saturated carbocycles. The van der Waals surface area contributed by atoms with Gasteiger partial charge in [-0.2, -0.15) is 0 Å². The maximum Gasteiger partial charge on any atom is 0.329 e. The molecule has 1 saturated heterocycles. The average molecular weight is 560 g/mol. The third-order valence-corrected chi connectivity index (χ3v) is 6.16. The van der Waals surface area contributed by atoms with Crippen LogP contribution in [0.3, 0.4) is 0 Å². The smallest absolute Gasteiger partial charge is 0.329 e. The van der Waals surface area contributed by atoms with Crippen LogP contribution in [0, 0.1) is 5.82 Å². The van der Waals surface area contributed by atoms with Gasteiger partial charge in [-0.3, -0.25) is 9.69 Å². The molecule has 0 bridgehead atoms. The van der Waals surface area contributed by atoms with Gasteiger partial charge < -0.3 is 14.8 Å². The molecule has 1 fully saturated rings. The van der Waals surface area contributed by atoms with E-state index in [1.165, 1.54) is 18.2 Å². The second kappa shape index (κ2) is 10.9. The van der Waals surface area contributed by atoms with Crippen LogP contribution in [0.2, 0.25) is 5.02 Å². The first-order chi connectivity index (χ1) is 16.9. The lowest BCUT2D eigenvalue weighted by Crippen LogP contribution is -2.30. The molecule has 0 aromatic heterocycles. The van der Waals surface area contributed by atoms with E-state index in [2.05, 4.69) is 21.2 Å². The fourth-order valence-corrected chi connectivity index (χ4v) is 4.01. The van der Waals surface area contributed by atoms with Crippen LogP contribution in [0.15, 0.2) is 70.8 Å². The van der Waals surface area contributed by atoms with E-state index in [0.29, 0.717) is 39.8 Å². The number of nitrogens with one attached hydrogen (secondary N) is 1. The highest BCUT2D eigenvalue weighted by Crippen LogP contribution is 2.36. The van der Waals surface area contributed by atoms with Crippen molar-refractivity contribution in [1.82, 2.24) is 10.2 Å². The van der Waals surface area contributed by atoms with E-state index in [1.54, 1.807) is 36.4 Å². The summed E-state index contributed by atoms with van der Waals surface area (Å²) < 4.78 is 26.3. The standard InChI is InChI=1S/C26H21BrClFN2O4/c1-2-34-23-12-18(20(27)13-24(23)35-15-16-7-9-19(28)10-8-16)11-22-25(32)31(26(33)30-22)14-17-5-3-4-6-21(17)29/h3-13H,2,14-15H2,1H3,(H,30,33)/b22-11+. The van der Waals surface area contributed by atoms with Gasteiger partial charge in [-0.05, 0) is 54.5 Å². The number of amides is 3.